The number of fused-ring (bicyclic) bond motifs is 1. The van der Waals surface area contributed by atoms with E-state index in [1.807, 2.05) is 0 Å². The van der Waals surface area contributed by atoms with Crippen LogP contribution in [0.25, 0.3) is 0 Å². The molecule has 0 radical (unpaired) electrons. The maximum Gasteiger partial charge on any atom is 0.285 e. The lowest BCUT2D eigenvalue weighted by atomic mass is 10.3. The van der Waals surface area contributed by atoms with Crippen molar-refractivity contribution in [2.75, 3.05) is 18.0 Å². The van der Waals surface area contributed by atoms with E-state index in [0.717, 1.165) is 0 Å². The molecule has 0 saturated carbocycles. The minimum atomic E-state index is -3.51. The van der Waals surface area contributed by atoms with Crippen LogP contribution >= 0.6 is 0 Å². The minimum Gasteiger partial charge on any atom is -0.329 e. The topological polar surface area (TPSA) is 75.8 Å². The van der Waals surface area contributed by atoms with Crippen molar-refractivity contribution in [3.63, 3.8) is 0 Å². The van der Waals surface area contributed by atoms with Gasteiger partial charge in [0.15, 0.2) is 0 Å². The third-order valence-corrected chi connectivity index (χ3v) is 3.42. The van der Waals surface area contributed by atoms with Crippen molar-refractivity contribution >= 4 is 22.0 Å². The van der Waals surface area contributed by atoms with E-state index in [1.54, 1.807) is 29.2 Å². The van der Waals surface area contributed by atoms with Gasteiger partial charge in [0, 0.05) is 13.1 Å². The highest BCUT2D eigenvalue weighted by Crippen LogP contribution is 2.28. The molecule has 1 aromatic rings. The Morgan fingerprint density at radius 3 is 2.80 bits per heavy atom. The fourth-order valence-electron chi connectivity index (χ4n) is 1.47. The van der Waals surface area contributed by atoms with Gasteiger partial charge in [-0.25, -0.2) is 0 Å². The molecule has 0 aliphatic carbocycles. The van der Waals surface area contributed by atoms with Crippen LogP contribution in [0.3, 0.4) is 0 Å². The van der Waals surface area contributed by atoms with Crippen LogP contribution < -0.4 is 10.6 Å². The third kappa shape index (κ3) is 1.73. The summed E-state index contributed by atoms with van der Waals surface area (Å²) in [7, 11) is -3.51. The Bertz CT molecular complexity index is 496. The number of rotatable bonds is 2. The van der Waals surface area contributed by atoms with E-state index in [-0.39, 0.29) is 4.90 Å². The number of nitrogens with two attached hydrogens (primary N) is 1. The van der Waals surface area contributed by atoms with E-state index in [1.165, 1.54) is 6.34 Å². The summed E-state index contributed by atoms with van der Waals surface area (Å²) < 4.78 is 26.7. The number of hydrogen-bond donors (Lipinski definition) is 1. The van der Waals surface area contributed by atoms with E-state index in [9.17, 15) is 8.42 Å². The zero-order chi connectivity index (χ0) is 10.9. The molecular weight excluding hydrogens is 214 g/mol. The third-order valence-electron chi connectivity index (χ3n) is 2.15. The first-order chi connectivity index (χ1) is 7.15. The number of para-hydroxylation sites is 1. The van der Waals surface area contributed by atoms with Gasteiger partial charge in [0.05, 0.1) is 5.69 Å². The van der Waals surface area contributed by atoms with Gasteiger partial charge < -0.3 is 10.6 Å². The quantitative estimate of drug-likeness (QED) is 0.779. The summed E-state index contributed by atoms with van der Waals surface area (Å²) in [6.45, 7) is 0.996. The summed E-state index contributed by atoms with van der Waals surface area (Å²) >= 11 is 0. The fraction of sp³-hybridized carbons (Fsp3) is 0.222. The Morgan fingerprint density at radius 1 is 1.33 bits per heavy atom. The van der Waals surface area contributed by atoms with E-state index in [2.05, 4.69) is 4.40 Å². The molecule has 6 heteroatoms. The van der Waals surface area contributed by atoms with Gasteiger partial charge in [-0.05, 0) is 12.1 Å². The Morgan fingerprint density at radius 2 is 2.07 bits per heavy atom. The summed E-state index contributed by atoms with van der Waals surface area (Å²) in [5.74, 6) is 0. The van der Waals surface area contributed by atoms with Crippen molar-refractivity contribution in [2.45, 2.75) is 4.90 Å². The number of benzene rings is 1. The van der Waals surface area contributed by atoms with Crippen molar-refractivity contribution in [3.8, 4) is 0 Å². The summed E-state index contributed by atoms with van der Waals surface area (Å²) in [5.41, 5.74) is 6.07. The van der Waals surface area contributed by atoms with Crippen molar-refractivity contribution in [1.82, 2.24) is 0 Å². The molecule has 5 nitrogen and oxygen atoms in total. The summed E-state index contributed by atoms with van der Waals surface area (Å²) in [6.07, 6.45) is 1.31. The molecule has 2 rings (SSSR count). The highest BCUT2D eigenvalue weighted by molar-refractivity contribution is 7.90. The lowest BCUT2D eigenvalue weighted by molar-refractivity contribution is 0.597. The monoisotopic (exact) mass is 225 g/mol. The lowest BCUT2D eigenvalue weighted by Gasteiger charge is -2.24. The Labute approximate surface area is 88.3 Å². The summed E-state index contributed by atoms with van der Waals surface area (Å²) in [4.78, 5) is 1.97. The van der Waals surface area contributed by atoms with Crippen LogP contribution in [0.1, 0.15) is 0 Å². The van der Waals surface area contributed by atoms with Crippen LogP contribution in [0.4, 0.5) is 5.69 Å². The first-order valence-corrected chi connectivity index (χ1v) is 5.95. The van der Waals surface area contributed by atoms with E-state index in [0.29, 0.717) is 18.8 Å². The second-order valence-corrected chi connectivity index (χ2v) is 4.75. The molecule has 0 fully saturated rings. The SMILES string of the molecule is NCCN1C=NS(=O)(=O)c2ccccc21. The normalized spacial score (nSPS) is 17.5. The fourth-order valence-corrected chi connectivity index (χ4v) is 2.52. The van der Waals surface area contributed by atoms with Crippen LogP contribution in [-0.2, 0) is 10.0 Å². The molecule has 1 heterocycles. The highest BCUT2D eigenvalue weighted by atomic mass is 32.2. The predicted molar refractivity (Wildman–Crippen MR) is 58.5 cm³/mol. The maximum atomic E-state index is 11.6. The van der Waals surface area contributed by atoms with Gasteiger partial charge >= 0.3 is 0 Å². The number of hydrogen-bond acceptors (Lipinski definition) is 4. The summed E-state index contributed by atoms with van der Waals surface area (Å²) in [5, 5.41) is 0. The Hall–Kier alpha value is -1.40. The van der Waals surface area contributed by atoms with Gasteiger partial charge in [0.25, 0.3) is 10.0 Å². The molecular formula is C9H11N3O2S. The largest absolute Gasteiger partial charge is 0.329 e. The van der Waals surface area contributed by atoms with Gasteiger partial charge in [-0.1, -0.05) is 12.1 Å². The van der Waals surface area contributed by atoms with Crippen LogP contribution in [0.5, 0.6) is 0 Å². The molecule has 0 aromatic heterocycles. The second-order valence-electron chi connectivity index (χ2n) is 3.15. The zero-order valence-electron chi connectivity index (χ0n) is 8.00. The van der Waals surface area contributed by atoms with Gasteiger partial charge in [-0.3, -0.25) is 0 Å². The molecule has 0 amide bonds. The lowest BCUT2D eigenvalue weighted by Crippen LogP contribution is -2.31. The van der Waals surface area contributed by atoms with Gasteiger partial charge in [0.1, 0.15) is 11.2 Å². The van der Waals surface area contributed by atoms with E-state index in [4.69, 9.17) is 5.73 Å². The standard InChI is InChI=1S/C9H11N3O2S/c10-5-6-12-7-11-15(13,14)9-4-2-1-3-8(9)12/h1-4,7H,5-6,10H2. The molecule has 0 saturated heterocycles. The first kappa shape index (κ1) is 10.1. The molecule has 1 aliphatic rings. The number of anilines is 1. The van der Waals surface area contributed by atoms with Crippen molar-refractivity contribution < 1.29 is 8.42 Å². The van der Waals surface area contributed by atoms with Gasteiger partial charge in [-0.15, -0.1) is 4.40 Å². The average Bonchev–Trinajstić information content (AvgIpc) is 2.23. The highest BCUT2D eigenvalue weighted by Gasteiger charge is 2.23. The Kier molecular flexibility index (Phi) is 2.45. The van der Waals surface area contributed by atoms with Crippen LogP contribution in [0, 0.1) is 0 Å². The van der Waals surface area contributed by atoms with Crippen LogP contribution in [-0.4, -0.2) is 27.8 Å². The van der Waals surface area contributed by atoms with Crippen LogP contribution in [0.2, 0.25) is 0 Å². The maximum absolute atomic E-state index is 11.6. The predicted octanol–water partition coefficient (Wildman–Crippen LogP) is 0.182. The molecule has 2 N–H and O–H groups in total. The van der Waals surface area contributed by atoms with Crippen molar-refractivity contribution in [1.29, 1.82) is 0 Å². The van der Waals surface area contributed by atoms with E-state index < -0.39 is 10.0 Å². The molecule has 0 bridgehead atoms. The van der Waals surface area contributed by atoms with Crippen molar-refractivity contribution in [2.24, 2.45) is 10.1 Å². The van der Waals surface area contributed by atoms with Gasteiger partial charge in [0.2, 0.25) is 0 Å². The Balaban J connectivity index is 2.55. The first-order valence-electron chi connectivity index (χ1n) is 4.51. The molecule has 80 valence electrons. The van der Waals surface area contributed by atoms with Gasteiger partial charge in [-0.2, -0.15) is 8.42 Å². The summed E-state index contributed by atoms with van der Waals surface area (Å²) in [6, 6.07) is 6.76. The van der Waals surface area contributed by atoms with Crippen LogP contribution in [0.15, 0.2) is 33.6 Å². The smallest absolute Gasteiger partial charge is 0.285 e. The molecule has 1 aliphatic heterocycles. The molecule has 15 heavy (non-hydrogen) atoms. The average molecular weight is 225 g/mol. The zero-order valence-corrected chi connectivity index (χ0v) is 8.81. The molecule has 0 unspecified atom stereocenters. The minimum absolute atomic E-state index is 0.237. The number of sulfonamides is 1. The number of nitrogens with zero attached hydrogens (tertiary/aromatic N) is 2. The molecule has 0 atom stereocenters. The molecule has 1 aromatic carbocycles. The second kappa shape index (κ2) is 3.63. The van der Waals surface area contributed by atoms with E-state index >= 15 is 0 Å². The molecule has 0 spiro atoms. The van der Waals surface area contributed by atoms with Crippen molar-refractivity contribution in [3.05, 3.63) is 24.3 Å².